The molecule has 0 bridgehead atoms. The zero-order valence-corrected chi connectivity index (χ0v) is 23.4. The molecule has 3 heterocycles. The van der Waals surface area contributed by atoms with Crippen LogP contribution < -0.4 is 9.47 Å². The lowest BCUT2D eigenvalue weighted by molar-refractivity contribution is -0.145. The van der Waals surface area contributed by atoms with Gasteiger partial charge >= 0.3 is 0 Å². The molecule has 0 radical (unpaired) electrons. The van der Waals surface area contributed by atoms with E-state index in [-0.39, 0.29) is 37.1 Å². The standard InChI is InChI=1S/C31H38N4O5/c1-21-6-7-24(16-22(21)2)26-18-27(25-8-9-28-29(17-25)40-20-39-28)35(32-26)30(36)19-34(31(37)23-4-3-5-23)11-10-33-12-14-38-15-13-33/h6-9,16-17,23,27H,3-5,10-15,18-20H2,1-2H3/t27-/m0/s1. The van der Waals surface area contributed by atoms with Crippen LogP contribution in [0.15, 0.2) is 41.5 Å². The van der Waals surface area contributed by atoms with Crippen molar-refractivity contribution in [2.75, 3.05) is 52.7 Å². The third-order valence-corrected chi connectivity index (χ3v) is 8.67. The van der Waals surface area contributed by atoms with E-state index < -0.39 is 0 Å². The fraction of sp³-hybridized carbons (Fsp3) is 0.516. The van der Waals surface area contributed by atoms with Gasteiger partial charge < -0.3 is 19.1 Å². The zero-order chi connectivity index (χ0) is 27.6. The third kappa shape index (κ3) is 5.58. The molecule has 212 valence electrons. The molecule has 3 aliphatic heterocycles. The van der Waals surface area contributed by atoms with Crippen molar-refractivity contribution in [3.8, 4) is 11.5 Å². The minimum Gasteiger partial charge on any atom is -0.454 e. The topological polar surface area (TPSA) is 83.9 Å². The number of hydrogen-bond donors (Lipinski definition) is 0. The van der Waals surface area contributed by atoms with Crippen molar-refractivity contribution < 1.29 is 23.8 Å². The summed E-state index contributed by atoms with van der Waals surface area (Å²) in [5.41, 5.74) is 5.21. The monoisotopic (exact) mass is 546 g/mol. The Kier molecular flexibility index (Phi) is 7.76. The first-order valence-corrected chi connectivity index (χ1v) is 14.4. The van der Waals surface area contributed by atoms with Crippen molar-refractivity contribution in [1.29, 1.82) is 0 Å². The van der Waals surface area contributed by atoms with Crippen molar-refractivity contribution >= 4 is 17.5 Å². The molecule has 0 aromatic heterocycles. The SMILES string of the molecule is Cc1ccc(C2=NN(C(=O)CN(CCN3CCOCC3)C(=O)C3CCC3)[C@H](c3ccc4c(c3)OCO4)C2)cc1C. The van der Waals surface area contributed by atoms with Gasteiger partial charge in [-0.2, -0.15) is 5.10 Å². The minimum atomic E-state index is -0.293. The van der Waals surface area contributed by atoms with Gasteiger partial charge in [0.25, 0.3) is 5.91 Å². The lowest BCUT2D eigenvalue weighted by Gasteiger charge is -2.34. The summed E-state index contributed by atoms with van der Waals surface area (Å²) in [4.78, 5) is 31.5. The van der Waals surface area contributed by atoms with Gasteiger partial charge in [0.2, 0.25) is 12.7 Å². The second kappa shape index (κ2) is 11.6. The second-order valence-electron chi connectivity index (χ2n) is 11.3. The van der Waals surface area contributed by atoms with Crippen molar-refractivity contribution in [2.24, 2.45) is 11.0 Å². The highest BCUT2D eigenvalue weighted by Gasteiger charge is 2.37. The van der Waals surface area contributed by atoms with Crippen LogP contribution in [0.4, 0.5) is 0 Å². The van der Waals surface area contributed by atoms with E-state index in [4.69, 9.17) is 19.3 Å². The van der Waals surface area contributed by atoms with E-state index in [0.29, 0.717) is 37.7 Å². The smallest absolute Gasteiger partial charge is 0.262 e. The Labute approximate surface area is 235 Å². The summed E-state index contributed by atoms with van der Waals surface area (Å²) in [5, 5.41) is 6.48. The number of amides is 2. The molecule has 6 rings (SSSR count). The fourth-order valence-electron chi connectivity index (χ4n) is 5.72. The van der Waals surface area contributed by atoms with Crippen LogP contribution in [0.2, 0.25) is 0 Å². The van der Waals surface area contributed by atoms with Crippen LogP contribution in [0, 0.1) is 19.8 Å². The van der Waals surface area contributed by atoms with Crippen LogP contribution in [0.3, 0.4) is 0 Å². The molecule has 2 amide bonds. The number of morpholine rings is 1. The lowest BCUT2D eigenvalue weighted by atomic mass is 9.84. The molecule has 2 fully saturated rings. The maximum absolute atomic E-state index is 14.0. The van der Waals surface area contributed by atoms with Crippen molar-refractivity contribution in [1.82, 2.24) is 14.8 Å². The van der Waals surface area contributed by atoms with Crippen LogP contribution in [-0.4, -0.2) is 85.1 Å². The van der Waals surface area contributed by atoms with Crippen molar-refractivity contribution in [3.63, 3.8) is 0 Å². The van der Waals surface area contributed by atoms with Gasteiger partial charge in [-0.25, -0.2) is 5.01 Å². The highest BCUT2D eigenvalue weighted by molar-refractivity contribution is 6.03. The van der Waals surface area contributed by atoms with E-state index in [1.807, 2.05) is 18.2 Å². The Morgan fingerprint density at radius 1 is 1.00 bits per heavy atom. The molecule has 0 unspecified atom stereocenters. The second-order valence-corrected chi connectivity index (χ2v) is 11.3. The minimum absolute atomic E-state index is 0.0183. The van der Waals surface area contributed by atoms with Gasteiger partial charge in [-0.3, -0.25) is 14.5 Å². The van der Waals surface area contributed by atoms with Crippen LogP contribution in [0.1, 0.15) is 54.0 Å². The summed E-state index contributed by atoms with van der Waals surface area (Å²) in [5.74, 6) is 1.32. The predicted octanol–water partition coefficient (Wildman–Crippen LogP) is 3.67. The molecule has 1 atom stereocenters. The summed E-state index contributed by atoms with van der Waals surface area (Å²) in [6.07, 6.45) is 3.46. The highest BCUT2D eigenvalue weighted by atomic mass is 16.7. The molecule has 0 spiro atoms. The third-order valence-electron chi connectivity index (χ3n) is 8.67. The predicted molar refractivity (Wildman–Crippen MR) is 150 cm³/mol. The molecule has 4 aliphatic rings. The van der Waals surface area contributed by atoms with Gasteiger partial charge in [-0.05, 0) is 67.1 Å². The van der Waals surface area contributed by atoms with Gasteiger partial charge in [0.1, 0.15) is 6.54 Å². The summed E-state index contributed by atoms with van der Waals surface area (Å²) in [6.45, 7) is 8.75. The zero-order valence-electron chi connectivity index (χ0n) is 23.4. The number of nitrogens with zero attached hydrogens (tertiary/aromatic N) is 4. The van der Waals surface area contributed by atoms with E-state index >= 15 is 0 Å². The van der Waals surface area contributed by atoms with Crippen LogP contribution in [0.5, 0.6) is 11.5 Å². The van der Waals surface area contributed by atoms with E-state index in [2.05, 4.69) is 36.9 Å². The first-order valence-electron chi connectivity index (χ1n) is 14.4. The van der Waals surface area contributed by atoms with Gasteiger partial charge in [-0.15, -0.1) is 0 Å². The largest absolute Gasteiger partial charge is 0.454 e. The van der Waals surface area contributed by atoms with Crippen molar-refractivity contribution in [2.45, 2.75) is 45.6 Å². The Balaban J connectivity index is 1.25. The fourth-order valence-corrected chi connectivity index (χ4v) is 5.72. The molecule has 0 N–H and O–H groups in total. The molecule has 1 saturated carbocycles. The Hall–Kier alpha value is -3.43. The number of hydrogen-bond acceptors (Lipinski definition) is 7. The average Bonchev–Trinajstić information content (AvgIpc) is 3.59. The Morgan fingerprint density at radius 2 is 1.80 bits per heavy atom. The molecule has 1 aliphatic carbocycles. The number of hydrazone groups is 1. The summed E-state index contributed by atoms with van der Waals surface area (Å²) in [7, 11) is 0. The Morgan fingerprint density at radius 3 is 2.55 bits per heavy atom. The lowest BCUT2D eigenvalue weighted by Crippen LogP contribution is -2.49. The van der Waals surface area contributed by atoms with Gasteiger partial charge in [0.05, 0.1) is 25.0 Å². The summed E-state index contributed by atoms with van der Waals surface area (Å²) in [6, 6.07) is 11.8. The quantitative estimate of drug-likeness (QED) is 0.503. The number of carbonyl (C=O) groups excluding carboxylic acids is 2. The van der Waals surface area contributed by atoms with Gasteiger partial charge in [0, 0.05) is 38.5 Å². The molecule has 2 aromatic carbocycles. The number of fused-ring (bicyclic) bond motifs is 1. The number of carbonyl (C=O) groups is 2. The molecule has 9 heteroatoms. The molecule has 1 saturated heterocycles. The summed E-state index contributed by atoms with van der Waals surface area (Å²) >= 11 is 0. The van der Waals surface area contributed by atoms with E-state index in [1.165, 1.54) is 11.1 Å². The molecule has 2 aromatic rings. The maximum Gasteiger partial charge on any atom is 0.262 e. The maximum atomic E-state index is 14.0. The number of benzene rings is 2. The summed E-state index contributed by atoms with van der Waals surface area (Å²) < 4.78 is 16.6. The molecule has 40 heavy (non-hydrogen) atoms. The first-order chi connectivity index (χ1) is 19.5. The Bertz CT molecular complexity index is 1300. The van der Waals surface area contributed by atoms with E-state index in [0.717, 1.165) is 55.7 Å². The normalized spacial score (nSPS) is 20.8. The number of aryl methyl sites for hydroxylation is 2. The number of ether oxygens (including phenoxy) is 3. The van der Waals surface area contributed by atoms with Crippen LogP contribution >= 0.6 is 0 Å². The molecular weight excluding hydrogens is 508 g/mol. The highest BCUT2D eigenvalue weighted by Crippen LogP contribution is 2.39. The van der Waals surface area contributed by atoms with Gasteiger partial charge in [0.15, 0.2) is 11.5 Å². The van der Waals surface area contributed by atoms with Crippen LogP contribution in [0.25, 0.3) is 0 Å². The van der Waals surface area contributed by atoms with Crippen LogP contribution in [-0.2, 0) is 14.3 Å². The average molecular weight is 547 g/mol. The van der Waals surface area contributed by atoms with E-state index in [9.17, 15) is 9.59 Å². The number of rotatable bonds is 8. The van der Waals surface area contributed by atoms with Gasteiger partial charge in [-0.1, -0.05) is 24.6 Å². The van der Waals surface area contributed by atoms with Crippen molar-refractivity contribution in [3.05, 3.63) is 58.7 Å². The molecule has 9 nitrogen and oxygen atoms in total. The first kappa shape index (κ1) is 26.8. The van der Waals surface area contributed by atoms with E-state index in [1.54, 1.807) is 9.91 Å². The molecular formula is C31H38N4O5.